The van der Waals surface area contributed by atoms with Crippen LogP contribution in [0.1, 0.15) is 48.5 Å². The predicted octanol–water partition coefficient (Wildman–Crippen LogP) is 1.62. The molecule has 0 aromatic carbocycles. The van der Waals surface area contributed by atoms with Crippen molar-refractivity contribution in [1.82, 2.24) is 4.90 Å². The molecule has 0 aromatic rings. The Kier molecular flexibility index (Phi) is 6.06. The Bertz CT molecular complexity index is 561. The fourth-order valence-electron chi connectivity index (χ4n) is 3.32. The predicted molar refractivity (Wildman–Crippen MR) is 92.7 cm³/mol. The third kappa shape index (κ3) is 5.32. The molecular weight excluding hydrogens is 358 g/mol. The van der Waals surface area contributed by atoms with Gasteiger partial charge in [-0.3, -0.25) is 14.5 Å². The third-order valence-corrected chi connectivity index (χ3v) is 4.16. The van der Waals surface area contributed by atoms with E-state index in [0.29, 0.717) is 0 Å². The number of carbonyl (C=O) groups is 3. The normalized spacial score (nSPS) is 29.2. The van der Waals surface area contributed by atoms with Crippen LogP contribution in [-0.2, 0) is 33.3 Å². The molecule has 0 aromatic heterocycles. The van der Waals surface area contributed by atoms with E-state index in [2.05, 4.69) is 0 Å². The molecule has 9 heteroatoms. The Morgan fingerprint density at radius 3 is 1.67 bits per heavy atom. The van der Waals surface area contributed by atoms with E-state index in [-0.39, 0.29) is 13.2 Å². The Morgan fingerprint density at radius 2 is 1.33 bits per heavy atom. The molecule has 0 unspecified atom stereocenters. The molecule has 4 atom stereocenters. The Balaban J connectivity index is 2.33. The van der Waals surface area contributed by atoms with Crippen molar-refractivity contribution >= 4 is 18.0 Å². The minimum Gasteiger partial charge on any atom is -0.464 e. The van der Waals surface area contributed by atoms with Gasteiger partial charge in [0, 0.05) is 13.8 Å². The Hall–Kier alpha value is -1.87. The van der Waals surface area contributed by atoms with Gasteiger partial charge in [-0.15, -0.1) is 0 Å². The lowest BCUT2D eigenvalue weighted by Crippen LogP contribution is -2.51. The molecule has 0 saturated carbocycles. The average molecular weight is 387 g/mol. The third-order valence-electron chi connectivity index (χ3n) is 4.16. The first-order chi connectivity index (χ1) is 12.3. The van der Waals surface area contributed by atoms with Crippen LogP contribution in [0.3, 0.4) is 0 Å². The number of carbonyl (C=O) groups excluding carboxylic acids is 3. The van der Waals surface area contributed by atoms with Gasteiger partial charge in [-0.1, -0.05) is 0 Å². The van der Waals surface area contributed by atoms with Gasteiger partial charge in [0.2, 0.25) is 0 Å². The van der Waals surface area contributed by atoms with Crippen molar-refractivity contribution in [3.8, 4) is 0 Å². The van der Waals surface area contributed by atoms with Crippen molar-refractivity contribution in [2.24, 2.45) is 0 Å². The number of fused-ring (bicyclic) bond motifs is 1. The number of hydrogen-bond donors (Lipinski definition) is 0. The molecule has 9 nitrogen and oxygen atoms in total. The van der Waals surface area contributed by atoms with Crippen molar-refractivity contribution in [3.05, 3.63) is 0 Å². The van der Waals surface area contributed by atoms with Crippen molar-refractivity contribution in [3.63, 3.8) is 0 Å². The number of nitrogens with zero attached hydrogens (tertiary/aromatic N) is 1. The van der Waals surface area contributed by atoms with Crippen LogP contribution >= 0.6 is 0 Å². The number of rotatable bonds is 4. The fraction of sp³-hybridized carbons (Fsp3) is 0.833. The second kappa shape index (κ2) is 7.63. The number of ether oxygens (including phenoxy) is 5. The van der Waals surface area contributed by atoms with Gasteiger partial charge >= 0.3 is 18.0 Å². The Morgan fingerprint density at radius 1 is 0.926 bits per heavy atom. The summed E-state index contributed by atoms with van der Waals surface area (Å²) in [5.41, 5.74) is -0.728. The summed E-state index contributed by atoms with van der Waals surface area (Å²) in [5.74, 6) is -1.83. The van der Waals surface area contributed by atoms with Gasteiger partial charge in [-0.2, -0.15) is 0 Å². The number of likely N-dealkylation sites (tertiary alicyclic amines) is 1. The molecule has 2 rings (SSSR count). The van der Waals surface area contributed by atoms with Gasteiger partial charge < -0.3 is 23.7 Å². The topological polar surface area (TPSA) is 101 Å². The molecule has 1 amide bonds. The maximum absolute atomic E-state index is 12.9. The maximum atomic E-state index is 12.9. The number of esters is 2. The monoisotopic (exact) mass is 387 g/mol. The molecule has 2 saturated heterocycles. The first-order valence-corrected chi connectivity index (χ1v) is 8.94. The second-order valence-electron chi connectivity index (χ2n) is 8.19. The van der Waals surface area contributed by atoms with E-state index in [1.54, 1.807) is 34.6 Å². The van der Waals surface area contributed by atoms with E-state index in [1.165, 1.54) is 18.7 Å². The quantitative estimate of drug-likeness (QED) is 0.530. The summed E-state index contributed by atoms with van der Waals surface area (Å²) in [6.45, 7) is 11.2. The van der Waals surface area contributed by atoms with Crippen molar-refractivity contribution < 1.29 is 38.1 Å². The molecule has 0 radical (unpaired) electrons. The van der Waals surface area contributed by atoms with Crippen LogP contribution in [0.2, 0.25) is 0 Å². The zero-order valence-corrected chi connectivity index (χ0v) is 16.9. The van der Waals surface area contributed by atoms with Crippen LogP contribution in [0.5, 0.6) is 0 Å². The van der Waals surface area contributed by atoms with Crippen LogP contribution in [-0.4, -0.2) is 71.8 Å². The summed E-state index contributed by atoms with van der Waals surface area (Å²) in [6.07, 6.45) is -1.71. The molecule has 154 valence electrons. The Labute approximate surface area is 159 Å². The van der Waals surface area contributed by atoms with Crippen LogP contribution in [0, 0.1) is 0 Å². The van der Waals surface area contributed by atoms with E-state index in [4.69, 9.17) is 23.7 Å². The SMILES string of the molecule is CC(=O)OC[C@@H]1[C@H]2OC(C)(C)O[C@H]2[C@H](COC(C)=O)N1C(=O)OC(C)(C)C. The van der Waals surface area contributed by atoms with E-state index in [0.717, 1.165) is 0 Å². The summed E-state index contributed by atoms with van der Waals surface area (Å²) in [6, 6.07) is -1.26. The highest BCUT2D eigenvalue weighted by Gasteiger charge is 2.60. The molecule has 2 aliphatic heterocycles. The largest absolute Gasteiger partial charge is 0.464 e. The molecule has 0 spiro atoms. The molecule has 2 fully saturated rings. The first-order valence-electron chi connectivity index (χ1n) is 8.94. The van der Waals surface area contributed by atoms with Gasteiger partial charge in [0.15, 0.2) is 5.79 Å². The molecule has 0 bridgehead atoms. The lowest BCUT2D eigenvalue weighted by Gasteiger charge is -2.34. The summed E-state index contributed by atoms with van der Waals surface area (Å²) < 4.78 is 27.7. The van der Waals surface area contributed by atoms with E-state index in [1.807, 2.05) is 0 Å². The van der Waals surface area contributed by atoms with Crippen LogP contribution in [0.4, 0.5) is 4.79 Å². The number of hydrogen-bond acceptors (Lipinski definition) is 8. The summed E-state index contributed by atoms with van der Waals surface area (Å²) in [5, 5.41) is 0. The van der Waals surface area contributed by atoms with Crippen LogP contribution < -0.4 is 0 Å². The van der Waals surface area contributed by atoms with Gasteiger partial charge in [-0.05, 0) is 34.6 Å². The van der Waals surface area contributed by atoms with Crippen molar-refractivity contribution in [2.75, 3.05) is 13.2 Å². The smallest absolute Gasteiger partial charge is 0.411 e. The van der Waals surface area contributed by atoms with E-state index >= 15 is 0 Å². The second-order valence-corrected chi connectivity index (χ2v) is 8.19. The maximum Gasteiger partial charge on any atom is 0.411 e. The average Bonchev–Trinajstić information content (AvgIpc) is 2.91. The zero-order chi connectivity index (χ0) is 20.6. The lowest BCUT2D eigenvalue weighted by molar-refractivity contribution is -0.174. The van der Waals surface area contributed by atoms with Gasteiger partial charge in [0.05, 0.1) is 12.1 Å². The van der Waals surface area contributed by atoms with Crippen LogP contribution in [0.25, 0.3) is 0 Å². The summed E-state index contributed by atoms with van der Waals surface area (Å²) in [4.78, 5) is 36.9. The summed E-state index contributed by atoms with van der Waals surface area (Å²) in [7, 11) is 0. The molecule has 27 heavy (non-hydrogen) atoms. The van der Waals surface area contributed by atoms with Crippen molar-refractivity contribution in [2.45, 2.75) is 84.1 Å². The summed E-state index contributed by atoms with van der Waals surface area (Å²) >= 11 is 0. The van der Waals surface area contributed by atoms with Gasteiger partial charge in [0.25, 0.3) is 0 Å². The zero-order valence-electron chi connectivity index (χ0n) is 16.9. The highest BCUT2D eigenvalue weighted by atomic mass is 16.8. The molecule has 0 N–H and O–H groups in total. The highest BCUT2D eigenvalue weighted by molar-refractivity contribution is 5.71. The van der Waals surface area contributed by atoms with Crippen LogP contribution in [0.15, 0.2) is 0 Å². The standard InChI is InChI=1S/C18H29NO8/c1-10(20)23-8-12-14-15(26-18(6,7)25-14)13(9-24-11(2)21)19(12)16(22)27-17(3,4)5/h12-15H,8-9H2,1-7H3/t12-,13+,14-,15+. The first kappa shape index (κ1) is 21.4. The fourth-order valence-corrected chi connectivity index (χ4v) is 3.32. The van der Waals surface area contributed by atoms with E-state index < -0.39 is 53.7 Å². The molecular formula is C18H29NO8. The van der Waals surface area contributed by atoms with E-state index in [9.17, 15) is 14.4 Å². The minimum atomic E-state index is -0.877. The molecule has 2 aliphatic rings. The molecule has 0 aliphatic carbocycles. The minimum absolute atomic E-state index is 0.0776. The van der Waals surface area contributed by atoms with Crippen molar-refractivity contribution in [1.29, 1.82) is 0 Å². The van der Waals surface area contributed by atoms with Gasteiger partial charge in [-0.25, -0.2) is 4.79 Å². The highest BCUT2D eigenvalue weighted by Crippen LogP contribution is 2.41. The lowest BCUT2D eigenvalue weighted by atomic mass is 10.1. The number of amides is 1. The molecule has 2 heterocycles. The van der Waals surface area contributed by atoms with Gasteiger partial charge in [0.1, 0.15) is 31.0 Å².